The maximum absolute atomic E-state index is 15.5. The predicted octanol–water partition coefficient (Wildman–Crippen LogP) is 8.16. The fourth-order valence-electron chi connectivity index (χ4n) is 9.72. The molecule has 0 radical (unpaired) electrons. The highest BCUT2D eigenvalue weighted by Gasteiger charge is 2.66. The number of hydrogen-bond acceptors (Lipinski definition) is 7. The molecule has 3 aliphatic rings. The highest BCUT2D eigenvalue weighted by Crippen LogP contribution is 2.60. The number of ether oxygens (including phenoxy) is 2. The number of halogens is 1. The number of benzene rings is 5. The molecule has 3 aliphatic heterocycles. The van der Waals surface area contributed by atoms with Crippen LogP contribution in [0.4, 0.5) is 11.4 Å². The second-order valence-corrected chi connectivity index (χ2v) is 22.3. The van der Waals surface area contributed by atoms with Crippen molar-refractivity contribution in [2.75, 3.05) is 30.2 Å². The number of anilines is 2. The zero-order chi connectivity index (χ0) is 42.9. The van der Waals surface area contributed by atoms with Gasteiger partial charge in [0.15, 0.2) is 5.60 Å². The van der Waals surface area contributed by atoms with Crippen molar-refractivity contribution in [2.24, 2.45) is 11.0 Å². The van der Waals surface area contributed by atoms with Crippen LogP contribution >= 0.6 is 15.9 Å². The van der Waals surface area contributed by atoms with E-state index in [4.69, 9.17) is 14.6 Å². The van der Waals surface area contributed by atoms with E-state index in [0.717, 1.165) is 43.9 Å². The maximum atomic E-state index is 15.5. The van der Waals surface area contributed by atoms with Crippen molar-refractivity contribution < 1.29 is 29.0 Å². The number of rotatable bonds is 13. The molecule has 0 aliphatic carbocycles. The summed E-state index contributed by atoms with van der Waals surface area (Å²) in [5.74, 6) is 0.00480. The Morgan fingerprint density at radius 2 is 1.62 bits per heavy atom. The number of aliphatic hydroxyl groups is 1. The van der Waals surface area contributed by atoms with Crippen LogP contribution in [-0.4, -0.2) is 67.9 Å². The summed E-state index contributed by atoms with van der Waals surface area (Å²) in [4.78, 5) is 46.8. The molecule has 314 valence electrons. The van der Waals surface area contributed by atoms with Crippen molar-refractivity contribution in [3.63, 3.8) is 0 Å². The van der Waals surface area contributed by atoms with Gasteiger partial charge in [-0.05, 0) is 64.7 Å². The summed E-state index contributed by atoms with van der Waals surface area (Å²) in [6.07, 6.45) is 0.341. The van der Waals surface area contributed by atoms with E-state index in [1.165, 1.54) is 10.2 Å². The summed E-state index contributed by atoms with van der Waals surface area (Å²) in [6.45, 7) is 7.27. The van der Waals surface area contributed by atoms with E-state index >= 15 is 4.79 Å². The summed E-state index contributed by atoms with van der Waals surface area (Å²) < 4.78 is 13.6. The molecule has 0 saturated carbocycles. The van der Waals surface area contributed by atoms with Crippen LogP contribution in [0.1, 0.15) is 48.4 Å². The molecule has 12 heteroatoms. The number of aliphatic hydroxyl groups excluding tert-OH is 1. The number of hydrogen-bond donors (Lipinski definition) is 1. The molecular weight excluding hydrogens is 849 g/mol. The van der Waals surface area contributed by atoms with E-state index < -0.39 is 19.8 Å². The lowest BCUT2D eigenvalue weighted by Crippen LogP contribution is -2.52. The molecule has 10 nitrogen and oxygen atoms in total. The third-order valence-electron chi connectivity index (χ3n) is 12.7. The van der Waals surface area contributed by atoms with Gasteiger partial charge in [-0.2, -0.15) is 5.10 Å². The lowest BCUT2D eigenvalue weighted by Gasteiger charge is -2.37. The molecule has 3 heterocycles. The third-order valence-corrected chi connectivity index (χ3v) is 17.6. The number of carbonyl (C=O) groups excluding carboxylic acids is 3. The molecule has 4 atom stereocenters. The van der Waals surface area contributed by atoms with E-state index in [0.29, 0.717) is 25.1 Å². The minimum Gasteiger partial charge on any atom is -0.497 e. The molecule has 1 spiro atoms. The Morgan fingerprint density at radius 3 is 2.33 bits per heavy atom. The van der Waals surface area contributed by atoms with Crippen LogP contribution in [-0.2, 0) is 37.8 Å². The van der Waals surface area contributed by atoms with E-state index in [2.05, 4.69) is 48.1 Å². The van der Waals surface area contributed by atoms with Crippen LogP contribution in [0.15, 0.2) is 137 Å². The van der Waals surface area contributed by atoms with E-state index in [-0.39, 0.29) is 55.3 Å². The van der Waals surface area contributed by atoms with Crippen molar-refractivity contribution in [3.8, 4) is 5.75 Å². The van der Waals surface area contributed by atoms with Crippen molar-refractivity contribution in [1.82, 2.24) is 4.90 Å². The van der Waals surface area contributed by atoms with E-state index in [1.807, 2.05) is 115 Å². The Hall–Kier alpha value is -5.40. The second-order valence-electron chi connectivity index (χ2n) is 16.7. The first-order chi connectivity index (χ1) is 29.4. The number of carbonyl (C=O) groups is 3. The predicted molar refractivity (Wildman–Crippen MR) is 245 cm³/mol. The highest BCUT2D eigenvalue weighted by molar-refractivity contribution is 9.10. The summed E-state index contributed by atoms with van der Waals surface area (Å²) in [6, 6.07) is 41.3. The molecular formula is C49H51BrN4O6Si. The first kappa shape index (κ1) is 42.3. The van der Waals surface area contributed by atoms with Gasteiger partial charge in [0.05, 0.1) is 57.9 Å². The summed E-state index contributed by atoms with van der Waals surface area (Å²) >= 11 is 3.71. The fraction of sp³-hybridized carbons (Fsp3) is 0.306. The number of fused-ring (bicyclic) bond motifs is 2. The number of amides is 3. The minimum atomic E-state index is -2.55. The van der Waals surface area contributed by atoms with Crippen LogP contribution in [0.25, 0.3) is 0 Å². The van der Waals surface area contributed by atoms with Crippen molar-refractivity contribution in [1.29, 1.82) is 0 Å². The van der Waals surface area contributed by atoms with Crippen LogP contribution in [0.5, 0.6) is 5.75 Å². The summed E-state index contributed by atoms with van der Waals surface area (Å²) in [5.41, 5.74) is 4.19. The Labute approximate surface area is 366 Å². The summed E-state index contributed by atoms with van der Waals surface area (Å²) in [7, 11) is -0.905. The average Bonchev–Trinajstić information content (AvgIpc) is 3.69. The molecule has 0 unspecified atom stereocenters. The van der Waals surface area contributed by atoms with Crippen molar-refractivity contribution in [3.05, 3.63) is 154 Å². The molecule has 5 aromatic carbocycles. The number of hydrazone groups is 1. The Balaban J connectivity index is 1.16. The van der Waals surface area contributed by atoms with Gasteiger partial charge in [-0.3, -0.25) is 14.4 Å². The maximum Gasteiger partial charge on any atom is 0.264 e. The second kappa shape index (κ2) is 17.5. The largest absolute Gasteiger partial charge is 0.497 e. The standard InChI is InChI=1S/C49H51BrN4O6Si/c1-33-47(61(3,4)40-21-19-39(59-2)20-22-40)44(30-46(57)52(26-27-55)31-34-12-7-5-8-13-34)60-49(33)41-29-37(50)18-24-43(41)53(48(49)58)32-35-14-11-17-38(28-35)54-45(56)25-23-42(51-54)36-15-9-6-10-16-36/h5-22,24,28-29,33,44,47,55H,23,25-27,30-32H2,1-4H3/t33-,44+,47-,49+/m1/s1. The smallest absolute Gasteiger partial charge is 0.264 e. The van der Waals surface area contributed by atoms with Gasteiger partial charge in [0.1, 0.15) is 5.75 Å². The first-order valence-corrected chi connectivity index (χ1v) is 24.7. The van der Waals surface area contributed by atoms with Crippen molar-refractivity contribution >= 4 is 64.0 Å². The Bertz CT molecular complexity index is 2450. The third kappa shape index (κ3) is 8.09. The van der Waals surface area contributed by atoms with Gasteiger partial charge in [0.2, 0.25) is 11.8 Å². The molecule has 1 fully saturated rings. The van der Waals surface area contributed by atoms with E-state index in [9.17, 15) is 14.7 Å². The number of methoxy groups -OCH3 is 1. The molecule has 5 aromatic rings. The lowest BCUT2D eigenvalue weighted by molar-refractivity contribution is -0.150. The molecule has 61 heavy (non-hydrogen) atoms. The zero-order valence-electron chi connectivity index (χ0n) is 35.0. The topological polar surface area (TPSA) is 112 Å². The van der Waals surface area contributed by atoms with Crippen LogP contribution < -0.4 is 19.8 Å². The van der Waals surface area contributed by atoms with Crippen LogP contribution in [0.3, 0.4) is 0 Å². The summed E-state index contributed by atoms with van der Waals surface area (Å²) in [5, 5.41) is 17.5. The fourth-order valence-corrected chi connectivity index (χ4v) is 14.1. The Kier molecular flexibility index (Phi) is 12.2. The quantitative estimate of drug-likeness (QED) is 0.120. The molecule has 8 rings (SSSR count). The van der Waals surface area contributed by atoms with Crippen LogP contribution in [0.2, 0.25) is 18.6 Å². The molecule has 0 bridgehead atoms. The SMILES string of the molecule is COc1ccc([Si](C)(C)[C@H]2[C@H](CC(=O)N(CCO)Cc3ccccc3)O[C@@]3(C(=O)N(Cc4cccc(N5N=C(c6ccccc6)CCC5=O)c4)c4ccc(Br)cc43)[C@@H]2C)cc1. The van der Waals surface area contributed by atoms with Gasteiger partial charge < -0.3 is 24.4 Å². The van der Waals surface area contributed by atoms with E-state index in [1.54, 1.807) is 16.9 Å². The molecule has 1 saturated heterocycles. The van der Waals surface area contributed by atoms with Gasteiger partial charge in [-0.15, -0.1) is 0 Å². The normalized spacial score (nSPS) is 21.1. The zero-order valence-corrected chi connectivity index (χ0v) is 37.5. The van der Waals surface area contributed by atoms with Gasteiger partial charge in [0.25, 0.3) is 5.91 Å². The number of nitrogens with zero attached hydrogens (tertiary/aromatic N) is 4. The molecule has 0 aromatic heterocycles. The lowest BCUT2D eigenvalue weighted by atomic mass is 9.82. The van der Waals surface area contributed by atoms with Gasteiger partial charge >= 0.3 is 0 Å². The molecule has 1 N–H and O–H groups in total. The van der Waals surface area contributed by atoms with Gasteiger partial charge in [-0.1, -0.05) is 126 Å². The van der Waals surface area contributed by atoms with Gasteiger partial charge in [-0.25, -0.2) is 5.01 Å². The molecule has 3 amide bonds. The van der Waals surface area contributed by atoms with Crippen LogP contribution in [0, 0.1) is 5.92 Å². The van der Waals surface area contributed by atoms with Crippen molar-refractivity contribution in [2.45, 2.75) is 69.6 Å². The Morgan fingerprint density at radius 1 is 0.918 bits per heavy atom. The minimum absolute atomic E-state index is 0.0458. The van der Waals surface area contributed by atoms with Gasteiger partial charge in [0, 0.05) is 41.9 Å². The highest BCUT2D eigenvalue weighted by atomic mass is 79.9. The monoisotopic (exact) mass is 898 g/mol. The average molecular weight is 900 g/mol. The first-order valence-electron chi connectivity index (χ1n) is 20.9.